The van der Waals surface area contributed by atoms with Crippen LogP contribution < -0.4 is 0 Å². The molecule has 4 aromatic rings. The van der Waals surface area contributed by atoms with Gasteiger partial charge in [0.25, 0.3) is 0 Å². The van der Waals surface area contributed by atoms with Crippen molar-refractivity contribution in [1.29, 1.82) is 0 Å². The van der Waals surface area contributed by atoms with Crippen molar-refractivity contribution in [3.63, 3.8) is 0 Å². The zero-order chi connectivity index (χ0) is 23.2. The molecular weight excluding hydrogens is 412 g/mol. The first kappa shape index (κ1) is 22.1. The van der Waals surface area contributed by atoms with E-state index in [0.717, 1.165) is 52.6 Å². The van der Waals surface area contributed by atoms with Crippen LogP contribution in [0.1, 0.15) is 55.6 Å². The Labute approximate surface area is 192 Å². The van der Waals surface area contributed by atoms with Gasteiger partial charge in [-0.1, -0.05) is 54.6 Å². The van der Waals surface area contributed by atoms with Crippen molar-refractivity contribution in [2.75, 3.05) is 0 Å². The van der Waals surface area contributed by atoms with Crippen LogP contribution in [0.3, 0.4) is 0 Å². The smallest absolute Gasteiger partial charge is 0.354 e. The van der Waals surface area contributed by atoms with Crippen molar-refractivity contribution in [2.24, 2.45) is 0 Å². The number of aldehydes is 1. The molecule has 164 valence electrons. The largest absolute Gasteiger partial charge is 0.477 e. The monoisotopic (exact) mass is 436 g/mol. The van der Waals surface area contributed by atoms with Gasteiger partial charge in [0, 0.05) is 35.1 Å². The highest BCUT2D eigenvalue weighted by atomic mass is 16.4. The molecule has 0 fully saturated rings. The molecule has 1 N–H and O–H groups in total. The molecule has 0 spiro atoms. The van der Waals surface area contributed by atoms with Gasteiger partial charge in [0.05, 0.1) is 0 Å². The number of nitrogens with zero attached hydrogens (tertiary/aromatic N) is 2. The van der Waals surface area contributed by atoms with Gasteiger partial charge in [0.2, 0.25) is 0 Å². The molecule has 0 saturated heterocycles. The van der Waals surface area contributed by atoms with E-state index in [-0.39, 0.29) is 11.6 Å². The Hall–Kier alpha value is -4.12. The van der Waals surface area contributed by atoms with Gasteiger partial charge < -0.3 is 5.11 Å². The quantitative estimate of drug-likeness (QED) is 0.357. The van der Waals surface area contributed by atoms with E-state index in [1.807, 2.05) is 55.6 Å². The average Bonchev–Trinajstić information content (AvgIpc) is 2.85. The topological polar surface area (TPSA) is 80.1 Å². The number of carbonyl (C=O) groups excluding carboxylic acids is 1. The second kappa shape index (κ2) is 10.0. The lowest BCUT2D eigenvalue weighted by Gasteiger charge is -2.20. The SMILES string of the molecule is Cc1cc(C(CCc2cccc(-c3ccc(C(=O)O)nc3)c2)c2ccccc2C=O)ccn1. The molecule has 2 aromatic heterocycles. The van der Waals surface area contributed by atoms with Gasteiger partial charge in [0.1, 0.15) is 12.0 Å². The van der Waals surface area contributed by atoms with E-state index in [0.29, 0.717) is 5.56 Å². The number of benzene rings is 2. The van der Waals surface area contributed by atoms with Crippen LogP contribution >= 0.6 is 0 Å². The number of aromatic carboxylic acids is 1. The van der Waals surface area contributed by atoms with Crippen LogP contribution in [-0.4, -0.2) is 27.3 Å². The molecule has 33 heavy (non-hydrogen) atoms. The third kappa shape index (κ3) is 5.21. The summed E-state index contributed by atoms with van der Waals surface area (Å²) in [6.07, 6.45) is 5.97. The van der Waals surface area contributed by atoms with E-state index in [1.54, 1.807) is 12.3 Å². The van der Waals surface area contributed by atoms with Gasteiger partial charge in [-0.15, -0.1) is 0 Å². The molecule has 0 aliphatic rings. The first-order chi connectivity index (χ1) is 16.0. The van der Waals surface area contributed by atoms with Crippen molar-refractivity contribution in [3.05, 3.63) is 119 Å². The number of carboxylic acids is 1. The van der Waals surface area contributed by atoms with Gasteiger partial charge in [-0.25, -0.2) is 9.78 Å². The maximum absolute atomic E-state index is 11.7. The Morgan fingerprint density at radius 1 is 0.970 bits per heavy atom. The molecule has 1 unspecified atom stereocenters. The molecule has 0 aliphatic carbocycles. The number of hydrogen-bond acceptors (Lipinski definition) is 4. The Bertz CT molecular complexity index is 1280. The number of carboxylic acid groups (broad SMARTS) is 1. The van der Waals surface area contributed by atoms with Crippen LogP contribution in [0.25, 0.3) is 11.1 Å². The minimum atomic E-state index is -1.04. The Balaban J connectivity index is 1.61. The van der Waals surface area contributed by atoms with Crippen LogP contribution in [-0.2, 0) is 6.42 Å². The summed E-state index contributed by atoms with van der Waals surface area (Å²) < 4.78 is 0. The summed E-state index contributed by atoms with van der Waals surface area (Å²) >= 11 is 0. The van der Waals surface area contributed by atoms with Gasteiger partial charge in [-0.05, 0) is 60.2 Å². The number of hydrogen-bond donors (Lipinski definition) is 1. The van der Waals surface area contributed by atoms with Crippen molar-refractivity contribution in [1.82, 2.24) is 9.97 Å². The van der Waals surface area contributed by atoms with Gasteiger partial charge >= 0.3 is 5.97 Å². The fourth-order valence-electron chi connectivity index (χ4n) is 4.13. The summed E-state index contributed by atoms with van der Waals surface area (Å²) in [4.78, 5) is 31.1. The molecule has 5 nitrogen and oxygen atoms in total. The molecule has 0 bridgehead atoms. The van der Waals surface area contributed by atoms with Gasteiger partial charge in [-0.3, -0.25) is 9.78 Å². The first-order valence-corrected chi connectivity index (χ1v) is 10.8. The standard InChI is InChI=1S/C28H24N2O3/c1-19-15-22(13-14-29-19)26(25-8-3-2-6-24(25)18-31)11-9-20-5-4-7-21(16-20)23-10-12-27(28(32)33)30-17-23/h2-8,10,12-18,26H,9,11H2,1H3,(H,32,33). The molecule has 2 aromatic carbocycles. The zero-order valence-electron chi connectivity index (χ0n) is 18.3. The first-order valence-electron chi connectivity index (χ1n) is 10.8. The van der Waals surface area contributed by atoms with Crippen molar-refractivity contribution in [2.45, 2.75) is 25.7 Å². The maximum Gasteiger partial charge on any atom is 0.354 e. The van der Waals surface area contributed by atoms with E-state index in [9.17, 15) is 9.59 Å². The molecular formula is C28H24N2O3. The fraction of sp³-hybridized carbons (Fsp3) is 0.143. The average molecular weight is 437 g/mol. The summed E-state index contributed by atoms with van der Waals surface area (Å²) in [5.41, 5.74) is 6.85. The van der Waals surface area contributed by atoms with E-state index >= 15 is 0 Å². The van der Waals surface area contributed by atoms with Crippen LogP contribution in [0.4, 0.5) is 0 Å². The molecule has 0 aliphatic heterocycles. The predicted molar refractivity (Wildman–Crippen MR) is 128 cm³/mol. The maximum atomic E-state index is 11.7. The Morgan fingerprint density at radius 3 is 2.55 bits per heavy atom. The molecule has 0 amide bonds. The molecule has 5 heteroatoms. The summed E-state index contributed by atoms with van der Waals surface area (Å²) in [5.74, 6) is -0.975. The van der Waals surface area contributed by atoms with Crippen molar-refractivity contribution >= 4 is 12.3 Å². The van der Waals surface area contributed by atoms with Crippen molar-refractivity contribution < 1.29 is 14.7 Å². The number of carbonyl (C=O) groups is 2. The molecule has 1 atom stereocenters. The summed E-state index contributed by atoms with van der Waals surface area (Å²) in [5, 5.41) is 9.07. The summed E-state index contributed by atoms with van der Waals surface area (Å²) in [6.45, 7) is 1.97. The van der Waals surface area contributed by atoms with E-state index in [2.05, 4.69) is 28.2 Å². The van der Waals surface area contributed by atoms with Crippen LogP contribution in [0.15, 0.2) is 85.2 Å². The fourth-order valence-corrected chi connectivity index (χ4v) is 4.13. The minimum absolute atomic E-state index is 0.0271. The predicted octanol–water partition coefficient (Wildman–Crippen LogP) is 5.73. The summed E-state index contributed by atoms with van der Waals surface area (Å²) in [6, 6.07) is 23.3. The lowest BCUT2D eigenvalue weighted by molar-refractivity contribution is 0.0690. The van der Waals surface area contributed by atoms with E-state index in [1.165, 1.54) is 6.07 Å². The highest BCUT2D eigenvalue weighted by Crippen LogP contribution is 2.32. The lowest BCUT2D eigenvalue weighted by Crippen LogP contribution is -2.07. The number of aryl methyl sites for hydroxylation is 2. The van der Waals surface area contributed by atoms with E-state index < -0.39 is 5.97 Å². The molecule has 4 rings (SSSR count). The highest BCUT2D eigenvalue weighted by molar-refractivity contribution is 5.85. The number of pyridine rings is 2. The zero-order valence-corrected chi connectivity index (χ0v) is 18.3. The third-order valence-electron chi connectivity index (χ3n) is 5.79. The number of rotatable bonds is 8. The second-order valence-electron chi connectivity index (χ2n) is 8.01. The van der Waals surface area contributed by atoms with Crippen molar-refractivity contribution in [3.8, 4) is 11.1 Å². The van der Waals surface area contributed by atoms with Crippen LogP contribution in [0.5, 0.6) is 0 Å². The van der Waals surface area contributed by atoms with Gasteiger partial charge in [0.15, 0.2) is 0 Å². The molecule has 0 saturated carbocycles. The Kier molecular flexibility index (Phi) is 6.69. The Morgan fingerprint density at radius 2 is 1.82 bits per heavy atom. The highest BCUT2D eigenvalue weighted by Gasteiger charge is 2.18. The molecule has 2 heterocycles. The second-order valence-corrected chi connectivity index (χ2v) is 8.01. The molecule has 0 radical (unpaired) electrons. The lowest BCUT2D eigenvalue weighted by atomic mass is 9.84. The van der Waals surface area contributed by atoms with Gasteiger partial charge in [-0.2, -0.15) is 0 Å². The normalized spacial score (nSPS) is 11.7. The van der Waals surface area contributed by atoms with Crippen LogP contribution in [0, 0.1) is 6.92 Å². The van der Waals surface area contributed by atoms with Crippen LogP contribution in [0.2, 0.25) is 0 Å². The number of aromatic nitrogens is 2. The summed E-state index contributed by atoms with van der Waals surface area (Å²) in [7, 11) is 0. The van der Waals surface area contributed by atoms with E-state index in [4.69, 9.17) is 5.11 Å². The minimum Gasteiger partial charge on any atom is -0.477 e. The third-order valence-corrected chi connectivity index (χ3v) is 5.79.